The zero-order valence-corrected chi connectivity index (χ0v) is 12.9. The van der Waals surface area contributed by atoms with Gasteiger partial charge in [-0.3, -0.25) is 14.9 Å². The lowest BCUT2D eigenvalue weighted by Gasteiger charge is -2.14. The monoisotopic (exact) mass is 305 g/mol. The van der Waals surface area contributed by atoms with Crippen molar-refractivity contribution in [1.29, 1.82) is 0 Å². The average Bonchev–Trinajstić information content (AvgIpc) is 3.27. The Labute approximate surface area is 135 Å². The van der Waals surface area contributed by atoms with Crippen molar-refractivity contribution in [1.82, 2.24) is 24.6 Å². The maximum atomic E-state index is 4.69. The van der Waals surface area contributed by atoms with Crippen LogP contribution < -0.4 is 0 Å². The first-order chi connectivity index (χ1) is 11.4. The standard InChI is InChI=1S/C18H19N5/c1-2-4-17(5-3-1)23-11-7-16(21-23)14-22-10-6-15(13-22)18-12-19-8-9-20-18/h1-5,7-9,11-12,15H,6,10,13-14H2. The second-order valence-electron chi connectivity index (χ2n) is 5.94. The lowest BCUT2D eigenvalue weighted by molar-refractivity contribution is 0.321. The van der Waals surface area contributed by atoms with E-state index in [0.29, 0.717) is 5.92 Å². The highest BCUT2D eigenvalue weighted by molar-refractivity contribution is 5.30. The van der Waals surface area contributed by atoms with Crippen LogP contribution in [0.5, 0.6) is 0 Å². The van der Waals surface area contributed by atoms with Gasteiger partial charge in [-0.25, -0.2) is 4.68 Å². The Balaban J connectivity index is 1.41. The van der Waals surface area contributed by atoms with Crippen LogP contribution in [-0.4, -0.2) is 37.7 Å². The van der Waals surface area contributed by atoms with Gasteiger partial charge in [-0.2, -0.15) is 5.10 Å². The molecule has 4 rings (SSSR count). The van der Waals surface area contributed by atoms with Crippen LogP contribution in [0.4, 0.5) is 0 Å². The molecule has 0 N–H and O–H groups in total. The lowest BCUT2D eigenvalue weighted by Crippen LogP contribution is -2.20. The van der Waals surface area contributed by atoms with Gasteiger partial charge in [0.25, 0.3) is 0 Å². The Morgan fingerprint density at radius 1 is 1.09 bits per heavy atom. The van der Waals surface area contributed by atoms with Crippen molar-refractivity contribution in [2.24, 2.45) is 0 Å². The molecule has 3 aromatic rings. The number of para-hydroxylation sites is 1. The topological polar surface area (TPSA) is 46.8 Å². The van der Waals surface area contributed by atoms with Crippen molar-refractivity contribution >= 4 is 0 Å². The van der Waals surface area contributed by atoms with Gasteiger partial charge in [0.1, 0.15) is 0 Å². The van der Waals surface area contributed by atoms with E-state index < -0.39 is 0 Å². The van der Waals surface area contributed by atoms with Gasteiger partial charge in [-0.15, -0.1) is 0 Å². The van der Waals surface area contributed by atoms with E-state index in [2.05, 4.69) is 38.2 Å². The molecule has 1 saturated heterocycles. The van der Waals surface area contributed by atoms with Crippen molar-refractivity contribution in [3.63, 3.8) is 0 Å². The fourth-order valence-electron chi connectivity index (χ4n) is 3.14. The SMILES string of the molecule is c1ccc(-n2ccc(CN3CCC(c4cnccn4)C3)n2)cc1. The molecule has 0 bridgehead atoms. The van der Waals surface area contributed by atoms with E-state index in [1.54, 1.807) is 12.4 Å². The van der Waals surface area contributed by atoms with Crippen LogP contribution >= 0.6 is 0 Å². The molecule has 0 aliphatic carbocycles. The summed E-state index contributed by atoms with van der Waals surface area (Å²) in [6, 6.07) is 12.3. The third-order valence-electron chi connectivity index (χ3n) is 4.32. The molecule has 0 radical (unpaired) electrons. The lowest BCUT2D eigenvalue weighted by atomic mass is 10.1. The van der Waals surface area contributed by atoms with Gasteiger partial charge in [0.15, 0.2) is 0 Å². The minimum atomic E-state index is 0.486. The summed E-state index contributed by atoms with van der Waals surface area (Å²) < 4.78 is 1.94. The summed E-state index contributed by atoms with van der Waals surface area (Å²) in [7, 11) is 0. The molecular formula is C18H19N5. The average molecular weight is 305 g/mol. The summed E-state index contributed by atoms with van der Waals surface area (Å²) in [5.41, 5.74) is 3.30. The predicted octanol–water partition coefficient (Wildman–Crippen LogP) is 2.65. The number of hydrogen-bond donors (Lipinski definition) is 0. The first-order valence-electron chi connectivity index (χ1n) is 7.97. The van der Waals surface area contributed by atoms with Gasteiger partial charge in [0.2, 0.25) is 0 Å². The van der Waals surface area contributed by atoms with Crippen LogP contribution in [0.2, 0.25) is 0 Å². The molecule has 0 amide bonds. The van der Waals surface area contributed by atoms with Crippen molar-refractivity contribution < 1.29 is 0 Å². The van der Waals surface area contributed by atoms with Crippen LogP contribution in [0, 0.1) is 0 Å². The molecule has 23 heavy (non-hydrogen) atoms. The Hall–Kier alpha value is -2.53. The molecule has 1 aromatic carbocycles. The number of nitrogens with zero attached hydrogens (tertiary/aromatic N) is 5. The number of likely N-dealkylation sites (tertiary alicyclic amines) is 1. The number of hydrogen-bond acceptors (Lipinski definition) is 4. The molecule has 1 atom stereocenters. The van der Waals surface area contributed by atoms with Crippen LogP contribution in [0.15, 0.2) is 61.2 Å². The highest BCUT2D eigenvalue weighted by Crippen LogP contribution is 2.26. The molecule has 5 heteroatoms. The molecule has 3 heterocycles. The third kappa shape index (κ3) is 3.14. The predicted molar refractivity (Wildman–Crippen MR) is 88.2 cm³/mol. The summed E-state index contributed by atoms with van der Waals surface area (Å²) in [5.74, 6) is 0.486. The van der Waals surface area contributed by atoms with Gasteiger partial charge >= 0.3 is 0 Å². The number of rotatable bonds is 4. The van der Waals surface area contributed by atoms with E-state index in [1.807, 2.05) is 35.3 Å². The van der Waals surface area contributed by atoms with Crippen molar-refractivity contribution in [3.05, 3.63) is 72.6 Å². The van der Waals surface area contributed by atoms with E-state index in [-0.39, 0.29) is 0 Å². The second kappa shape index (κ2) is 6.30. The van der Waals surface area contributed by atoms with E-state index in [1.165, 1.54) is 0 Å². The van der Waals surface area contributed by atoms with Gasteiger partial charge in [0.05, 0.1) is 17.1 Å². The van der Waals surface area contributed by atoms with Gasteiger partial charge in [-0.1, -0.05) is 18.2 Å². The Morgan fingerprint density at radius 2 is 2.00 bits per heavy atom. The smallest absolute Gasteiger partial charge is 0.0769 e. The molecule has 0 spiro atoms. The normalized spacial score (nSPS) is 18.3. The Bertz CT molecular complexity index is 753. The fraction of sp³-hybridized carbons (Fsp3) is 0.278. The highest BCUT2D eigenvalue weighted by Gasteiger charge is 2.25. The van der Waals surface area contributed by atoms with E-state index in [4.69, 9.17) is 0 Å². The van der Waals surface area contributed by atoms with E-state index >= 15 is 0 Å². The molecular weight excluding hydrogens is 286 g/mol. The maximum Gasteiger partial charge on any atom is 0.0769 e. The largest absolute Gasteiger partial charge is 0.297 e. The maximum absolute atomic E-state index is 4.69. The Morgan fingerprint density at radius 3 is 2.83 bits per heavy atom. The van der Waals surface area contributed by atoms with E-state index in [0.717, 1.165) is 43.1 Å². The minimum absolute atomic E-state index is 0.486. The molecule has 2 aromatic heterocycles. The first-order valence-corrected chi connectivity index (χ1v) is 7.97. The minimum Gasteiger partial charge on any atom is -0.297 e. The molecule has 1 aliphatic heterocycles. The molecule has 1 fully saturated rings. The molecule has 0 saturated carbocycles. The molecule has 5 nitrogen and oxygen atoms in total. The van der Waals surface area contributed by atoms with E-state index in [9.17, 15) is 0 Å². The zero-order chi connectivity index (χ0) is 15.5. The molecule has 1 aliphatic rings. The Kier molecular flexibility index (Phi) is 3.86. The van der Waals surface area contributed by atoms with Crippen LogP contribution in [-0.2, 0) is 6.54 Å². The third-order valence-corrected chi connectivity index (χ3v) is 4.32. The van der Waals surface area contributed by atoms with Crippen LogP contribution in [0.1, 0.15) is 23.7 Å². The highest BCUT2D eigenvalue weighted by atomic mass is 15.3. The number of aromatic nitrogens is 4. The zero-order valence-electron chi connectivity index (χ0n) is 12.9. The van der Waals surface area contributed by atoms with Crippen LogP contribution in [0.3, 0.4) is 0 Å². The van der Waals surface area contributed by atoms with Crippen molar-refractivity contribution in [2.45, 2.75) is 18.9 Å². The molecule has 1 unspecified atom stereocenters. The summed E-state index contributed by atoms with van der Waals surface area (Å²) >= 11 is 0. The number of benzene rings is 1. The van der Waals surface area contributed by atoms with Crippen molar-refractivity contribution in [3.8, 4) is 5.69 Å². The van der Waals surface area contributed by atoms with Gasteiger partial charge in [-0.05, 0) is 31.2 Å². The van der Waals surface area contributed by atoms with Crippen LogP contribution in [0.25, 0.3) is 5.69 Å². The molecule has 116 valence electrons. The van der Waals surface area contributed by atoms with Gasteiger partial charge < -0.3 is 0 Å². The fourth-order valence-corrected chi connectivity index (χ4v) is 3.14. The summed E-state index contributed by atoms with van der Waals surface area (Å²) in [6.07, 6.45) is 8.56. The van der Waals surface area contributed by atoms with Crippen molar-refractivity contribution in [2.75, 3.05) is 13.1 Å². The first kappa shape index (κ1) is 14.1. The summed E-state index contributed by atoms with van der Waals surface area (Å²) in [4.78, 5) is 11.1. The summed E-state index contributed by atoms with van der Waals surface area (Å²) in [6.45, 7) is 2.99. The summed E-state index contributed by atoms with van der Waals surface area (Å²) in [5, 5.41) is 4.69. The second-order valence-corrected chi connectivity index (χ2v) is 5.94. The van der Waals surface area contributed by atoms with Gasteiger partial charge in [0, 0.05) is 43.8 Å². The quantitative estimate of drug-likeness (QED) is 0.743.